The van der Waals surface area contributed by atoms with Crippen molar-refractivity contribution < 1.29 is 23.5 Å². The van der Waals surface area contributed by atoms with E-state index in [1.807, 2.05) is 0 Å². The summed E-state index contributed by atoms with van der Waals surface area (Å²) in [7, 11) is 1.77. The maximum absolute atomic E-state index is 12.9. The van der Waals surface area contributed by atoms with Gasteiger partial charge in [-0.2, -0.15) is 14.6 Å². The predicted molar refractivity (Wildman–Crippen MR) is 157 cm³/mol. The highest BCUT2D eigenvalue weighted by atomic mass is 16.6. The third-order valence-corrected chi connectivity index (χ3v) is 5.96. The Morgan fingerprint density at radius 2 is 1.74 bits per heavy atom. The first kappa shape index (κ1) is 29.0. The first-order chi connectivity index (χ1) is 20.5. The fourth-order valence-corrected chi connectivity index (χ4v) is 4.13. The fraction of sp³-hybridized carbons (Fsp3) is 0.321. The minimum atomic E-state index is -0.560. The molecule has 0 saturated heterocycles. The number of carbonyl (C=O) groups is 3. The second kappa shape index (κ2) is 12.2. The van der Waals surface area contributed by atoms with Crippen molar-refractivity contribution in [3.8, 4) is 11.6 Å². The van der Waals surface area contributed by atoms with Gasteiger partial charge in [-0.05, 0) is 57.0 Å². The van der Waals surface area contributed by atoms with Crippen LogP contribution in [0.4, 0.5) is 21.2 Å². The molecule has 0 atom stereocenters. The van der Waals surface area contributed by atoms with Crippen LogP contribution in [0.2, 0.25) is 0 Å². The van der Waals surface area contributed by atoms with Crippen LogP contribution in [0.25, 0.3) is 28.3 Å². The standard InChI is InChI=1S/C28H32N10O5/c1-28(2,3)43-27(41)30-13-6-12-29-21(39)15-17-8-10-18(11-9-17)31-26(40)34-25-33-22-19(16-37(4)35-22)24-32-23(36-38(24)25)20-7-5-14-42-20/h5,7-11,14,16H,6,12-13,15H2,1-4H3,(H,29,39)(H,30,41)(H2,31,33,34,35,40). The van der Waals surface area contributed by atoms with Crippen LogP contribution in [0.1, 0.15) is 32.8 Å². The highest BCUT2D eigenvalue weighted by Crippen LogP contribution is 2.24. The minimum absolute atomic E-state index is 0.124. The van der Waals surface area contributed by atoms with E-state index in [1.54, 1.807) is 75.1 Å². The molecule has 0 spiro atoms. The van der Waals surface area contributed by atoms with Crippen LogP contribution in [-0.4, -0.2) is 66.1 Å². The second-order valence-corrected chi connectivity index (χ2v) is 10.7. The van der Waals surface area contributed by atoms with Crippen LogP contribution in [0.15, 0.2) is 53.3 Å². The third-order valence-electron chi connectivity index (χ3n) is 5.96. The Hall–Kier alpha value is -5.47. The van der Waals surface area contributed by atoms with E-state index in [-0.39, 0.29) is 18.3 Å². The van der Waals surface area contributed by atoms with Gasteiger partial charge in [-0.15, -0.1) is 5.10 Å². The lowest BCUT2D eigenvalue weighted by atomic mass is 10.1. The number of nitrogens with one attached hydrogen (secondary N) is 4. The second-order valence-electron chi connectivity index (χ2n) is 10.7. The predicted octanol–water partition coefficient (Wildman–Crippen LogP) is 3.49. The van der Waals surface area contributed by atoms with Crippen LogP contribution >= 0.6 is 0 Å². The maximum atomic E-state index is 12.9. The van der Waals surface area contributed by atoms with E-state index in [0.29, 0.717) is 53.5 Å². The van der Waals surface area contributed by atoms with Gasteiger partial charge in [0.15, 0.2) is 17.1 Å². The maximum Gasteiger partial charge on any atom is 0.407 e. The molecule has 4 amide bonds. The van der Waals surface area contributed by atoms with Gasteiger partial charge in [-0.1, -0.05) is 12.1 Å². The van der Waals surface area contributed by atoms with Gasteiger partial charge in [0.05, 0.1) is 18.1 Å². The van der Waals surface area contributed by atoms with Gasteiger partial charge in [-0.3, -0.25) is 14.8 Å². The van der Waals surface area contributed by atoms with E-state index >= 15 is 0 Å². The summed E-state index contributed by atoms with van der Waals surface area (Å²) in [6.45, 7) is 6.17. The SMILES string of the molecule is Cn1cc2c(nc(NC(=O)Nc3ccc(CC(=O)NCCCNC(=O)OC(C)(C)C)cc3)n3nc(-c4ccco4)nc23)n1. The van der Waals surface area contributed by atoms with Crippen molar-refractivity contribution >= 4 is 46.3 Å². The van der Waals surface area contributed by atoms with Gasteiger partial charge in [-0.25, -0.2) is 14.6 Å². The van der Waals surface area contributed by atoms with E-state index < -0.39 is 17.7 Å². The van der Waals surface area contributed by atoms with Gasteiger partial charge >= 0.3 is 12.1 Å². The largest absolute Gasteiger partial charge is 0.461 e. The summed E-state index contributed by atoms with van der Waals surface area (Å²) in [6.07, 6.45) is 3.54. The van der Waals surface area contributed by atoms with Crippen LogP contribution in [0.3, 0.4) is 0 Å². The number of fused-ring (bicyclic) bond motifs is 3. The Morgan fingerprint density at radius 1 is 0.977 bits per heavy atom. The van der Waals surface area contributed by atoms with Crippen LogP contribution in [-0.2, 0) is 23.0 Å². The van der Waals surface area contributed by atoms with Gasteiger partial charge in [0.2, 0.25) is 17.7 Å². The summed E-state index contributed by atoms with van der Waals surface area (Å²) < 4.78 is 13.6. The van der Waals surface area contributed by atoms with Crippen LogP contribution in [0, 0.1) is 0 Å². The van der Waals surface area contributed by atoms with Crippen LogP contribution < -0.4 is 21.3 Å². The molecule has 224 valence electrons. The van der Waals surface area contributed by atoms with Crippen molar-refractivity contribution in [3.63, 3.8) is 0 Å². The average Bonchev–Trinajstić information content (AvgIpc) is 3.68. The molecule has 15 nitrogen and oxygen atoms in total. The summed E-state index contributed by atoms with van der Waals surface area (Å²) in [5.74, 6) is 0.778. The molecule has 5 aromatic rings. The molecule has 0 aliphatic carbocycles. The molecular weight excluding hydrogens is 556 g/mol. The number of hydrogen-bond donors (Lipinski definition) is 4. The molecule has 4 aromatic heterocycles. The number of urea groups is 1. The molecule has 4 N–H and O–H groups in total. The zero-order valence-electron chi connectivity index (χ0n) is 24.2. The van der Waals surface area contributed by atoms with Crippen molar-refractivity contribution in [1.29, 1.82) is 0 Å². The van der Waals surface area contributed by atoms with Gasteiger partial charge < -0.3 is 25.1 Å². The number of alkyl carbamates (subject to hydrolysis) is 1. The van der Waals surface area contributed by atoms with Crippen molar-refractivity contribution in [2.75, 3.05) is 23.7 Å². The van der Waals surface area contributed by atoms with Crippen molar-refractivity contribution in [2.24, 2.45) is 7.05 Å². The lowest BCUT2D eigenvalue weighted by molar-refractivity contribution is -0.120. The molecule has 4 heterocycles. The molecular formula is C28H32N10O5. The number of nitrogens with zero attached hydrogens (tertiary/aromatic N) is 6. The number of ether oxygens (including phenoxy) is 1. The first-order valence-corrected chi connectivity index (χ1v) is 13.6. The first-order valence-electron chi connectivity index (χ1n) is 13.6. The molecule has 1 aromatic carbocycles. The monoisotopic (exact) mass is 588 g/mol. The van der Waals surface area contributed by atoms with Crippen LogP contribution in [0.5, 0.6) is 0 Å². The van der Waals surface area contributed by atoms with Crippen molar-refractivity contribution in [1.82, 2.24) is 40.0 Å². The number of furan rings is 1. The van der Waals surface area contributed by atoms with E-state index in [0.717, 1.165) is 5.56 Å². The van der Waals surface area contributed by atoms with E-state index in [2.05, 4.69) is 41.4 Å². The highest BCUT2D eigenvalue weighted by molar-refractivity contribution is 6.00. The Labute approximate surface area is 246 Å². The summed E-state index contributed by atoms with van der Waals surface area (Å²) in [4.78, 5) is 45.9. The highest BCUT2D eigenvalue weighted by Gasteiger charge is 2.19. The number of aromatic nitrogens is 6. The van der Waals surface area contributed by atoms with Crippen molar-refractivity contribution in [2.45, 2.75) is 39.2 Å². The van der Waals surface area contributed by atoms with E-state index in [1.165, 1.54) is 10.8 Å². The zero-order valence-corrected chi connectivity index (χ0v) is 24.2. The summed E-state index contributed by atoms with van der Waals surface area (Å²) in [5.41, 5.74) is 1.58. The molecule has 0 bridgehead atoms. The number of aryl methyl sites for hydroxylation is 1. The Morgan fingerprint density at radius 3 is 2.47 bits per heavy atom. The molecule has 15 heteroatoms. The number of carbonyl (C=O) groups excluding carboxylic acids is 3. The molecule has 0 aliphatic rings. The summed E-state index contributed by atoms with van der Waals surface area (Å²) >= 11 is 0. The van der Waals surface area contributed by atoms with E-state index in [9.17, 15) is 14.4 Å². The number of benzene rings is 1. The molecule has 0 radical (unpaired) electrons. The Kier molecular flexibility index (Phi) is 8.23. The third kappa shape index (κ3) is 7.44. The zero-order chi connectivity index (χ0) is 30.6. The lowest BCUT2D eigenvalue weighted by Crippen LogP contribution is -2.34. The Balaban J connectivity index is 1.14. The number of hydrogen-bond acceptors (Lipinski definition) is 9. The fourth-order valence-electron chi connectivity index (χ4n) is 4.13. The molecule has 0 saturated carbocycles. The van der Waals surface area contributed by atoms with Gasteiger partial charge in [0.1, 0.15) is 5.60 Å². The number of rotatable bonds is 9. The topological polar surface area (TPSA) is 183 Å². The van der Waals surface area contributed by atoms with Gasteiger partial charge in [0.25, 0.3) is 0 Å². The quantitative estimate of drug-likeness (QED) is 0.187. The summed E-state index contributed by atoms with van der Waals surface area (Å²) in [6, 6.07) is 9.82. The van der Waals surface area contributed by atoms with Gasteiger partial charge in [0, 0.05) is 32.0 Å². The normalized spacial score (nSPS) is 11.4. The number of anilines is 2. The minimum Gasteiger partial charge on any atom is -0.461 e. The molecule has 43 heavy (non-hydrogen) atoms. The molecule has 5 rings (SSSR count). The average molecular weight is 589 g/mol. The van der Waals surface area contributed by atoms with E-state index in [4.69, 9.17) is 9.15 Å². The summed E-state index contributed by atoms with van der Waals surface area (Å²) in [5, 5.41) is 20.4. The molecule has 0 fully saturated rings. The molecule has 0 unspecified atom stereocenters. The smallest absolute Gasteiger partial charge is 0.407 e. The molecule has 0 aliphatic heterocycles. The lowest BCUT2D eigenvalue weighted by Gasteiger charge is -2.19. The van der Waals surface area contributed by atoms with Crippen molar-refractivity contribution in [3.05, 3.63) is 54.4 Å². The Bertz CT molecular complexity index is 1750. The number of amides is 4.